The Morgan fingerprint density at radius 2 is 1.86 bits per heavy atom. The van der Waals surface area contributed by atoms with Gasteiger partial charge in [0.15, 0.2) is 0 Å². The predicted molar refractivity (Wildman–Crippen MR) is 85.8 cm³/mol. The molecule has 0 saturated heterocycles. The third-order valence-electron chi connectivity index (χ3n) is 3.69. The molecule has 0 saturated carbocycles. The highest BCUT2D eigenvalue weighted by Gasteiger charge is 2.15. The van der Waals surface area contributed by atoms with Gasteiger partial charge in [-0.15, -0.1) is 0 Å². The van der Waals surface area contributed by atoms with Gasteiger partial charge in [-0.3, -0.25) is 4.79 Å². The lowest BCUT2D eigenvalue weighted by Crippen LogP contribution is -2.31. The fraction of sp³-hybridized carbons (Fsp3) is 0.278. The van der Waals surface area contributed by atoms with Gasteiger partial charge in [-0.1, -0.05) is 24.3 Å². The standard InChI is InChI=1S/C18H21NO2/c1-4-19(16-6-5-7-17(20)12-16)18(21)11-15-9-8-13(2)14(3)10-15/h5-10,12,20H,4,11H2,1-3H3. The number of carbonyl (C=O) groups is 1. The van der Waals surface area contributed by atoms with Crippen molar-refractivity contribution in [2.45, 2.75) is 27.2 Å². The number of phenols is 1. The number of rotatable bonds is 4. The molecule has 110 valence electrons. The van der Waals surface area contributed by atoms with Gasteiger partial charge < -0.3 is 10.0 Å². The van der Waals surface area contributed by atoms with Crippen LogP contribution in [0.4, 0.5) is 5.69 Å². The summed E-state index contributed by atoms with van der Waals surface area (Å²) in [6.45, 7) is 6.62. The molecule has 0 fully saturated rings. The number of carbonyl (C=O) groups excluding carboxylic acids is 1. The van der Waals surface area contributed by atoms with Gasteiger partial charge in [-0.2, -0.15) is 0 Å². The summed E-state index contributed by atoms with van der Waals surface area (Å²) >= 11 is 0. The molecule has 0 radical (unpaired) electrons. The SMILES string of the molecule is CCN(C(=O)Cc1ccc(C)c(C)c1)c1cccc(O)c1. The van der Waals surface area contributed by atoms with Gasteiger partial charge in [-0.05, 0) is 49.6 Å². The highest BCUT2D eigenvalue weighted by molar-refractivity contribution is 5.94. The Hall–Kier alpha value is -2.29. The molecule has 0 aliphatic heterocycles. The van der Waals surface area contributed by atoms with E-state index in [1.165, 1.54) is 11.1 Å². The van der Waals surface area contributed by atoms with E-state index in [-0.39, 0.29) is 11.7 Å². The molecule has 2 rings (SSSR count). The van der Waals surface area contributed by atoms with Crippen LogP contribution < -0.4 is 4.90 Å². The van der Waals surface area contributed by atoms with Gasteiger partial charge in [0.1, 0.15) is 5.75 Å². The predicted octanol–water partition coefficient (Wildman–Crippen LogP) is 3.60. The fourth-order valence-electron chi connectivity index (χ4n) is 2.35. The minimum Gasteiger partial charge on any atom is -0.508 e. The van der Waals surface area contributed by atoms with Gasteiger partial charge in [0, 0.05) is 18.3 Å². The van der Waals surface area contributed by atoms with Crippen LogP contribution in [0.2, 0.25) is 0 Å². The van der Waals surface area contributed by atoms with Crippen LogP contribution in [-0.4, -0.2) is 17.6 Å². The highest BCUT2D eigenvalue weighted by Crippen LogP contribution is 2.21. The molecule has 0 bridgehead atoms. The van der Waals surface area contributed by atoms with Gasteiger partial charge >= 0.3 is 0 Å². The van der Waals surface area contributed by atoms with Crippen LogP contribution in [-0.2, 0) is 11.2 Å². The maximum atomic E-state index is 12.5. The lowest BCUT2D eigenvalue weighted by molar-refractivity contribution is -0.117. The van der Waals surface area contributed by atoms with Crippen molar-refractivity contribution in [2.24, 2.45) is 0 Å². The van der Waals surface area contributed by atoms with Crippen molar-refractivity contribution in [1.82, 2.24) is 0 Å². The maximum Gasteiger partial charge on any atom is 0.231 e. The zero-order valence-corrected chi connectivity index (χ0v) is 12.8. The number of amides is 1. The Kier molecular flexibility index (Phi) is 4.63. The molecule has 0 heterocycles. The molecule has 0 spiro atoms. The van der Waals surface area contributed by atoms with Crippen molar-refractivity contribution in [1.29, 1.82) is 0 Å². The third-order valence-corrected chi connectivity index (χ3v) is 3.69. The van der Waals surface area contributed by atoms with Crippen LogP contribution in [0, 0.1) is 13.8 Å². The number of hydrogen-bond acceptors (Lipinski definition) is 2. The first-order valence-electron chi connectivity index (χ1n) is 7.16. The highest BCUT2D eigenvalue weighted by atomic mass is 16.3. The lowest BCUT2D eigenvalue weighted by Gasteiger charge is -2.21. The van der Waals surface area contributed by atoms with Crippen molar-refractivity contribution < 1.29 is 9.90 Å². The molecule has 2 aromatic carbocycles. The summed E-state index contributed by atoms with van der Waals surface area (Å²) in [6.07, 6.45) is 0.366. The van der Waals surface area contributed by atoms with Crippen molar-refractivity contribution in [3.8, 4) is 5.75 Å². The summed E-state index contributed by atoms with van der Waals surface area (Å²) in [5.41, 5.74) is 4.17. The molecular weight excluding hydrogens is 262 g/mol. The second kappa shape index (κ2) is 6.44. The van der Waals surface area contributed by atoms with Crippen LogP contribution in [0.5, 0.6) is 5.75 Å². The number of anilines is 1. The Balaban J connectivity index is 2.18. The fourth-order valence-corrected chi connectivity index (χ4v) is 2.35. The molecule has 2 aromatic rings. The zero-order valence-electron chi connectivity index (χ0n) is 12.8. The van der Waals surface area contributed by atoms with E-state index in [0.717, 1.165) is 11.3 Å². The molecule has 0 aromatic heterocycles. The summed E-state index contributed by atoms with van der Waals surface area (Å²) in [6, 6.07) is 12.9. The first-order chi connectivity index (χ1) is 10.0. The Morgan fingerprint density at radius 3 is 2.48 bits per heavy atom. The molecular formula is C18H21NO2. The summed E-state index contributed by atoms with van der Waals surface area (Å²) in [5, 5.41) is 9.56. The topological polar surface area (TPSA) is 40.5 Å². The largest absolute Gasteiger partial charge is 0.508 e. The minimum atomic E-state index is 0.0337. The Bertz CT molecular complexity index is 649. The normalized spacial score (nSPS) is 10.4. The number of phenolic OH excluding ortho intramolecular Hbond substituents is 1. The second-order valence-electron chi connectivity index (χ2n) is 5.25. The van der Waals surface area contributed by atoms with E-state index in [0.29, 0.717) is 13.0 Å². The van der Waals surface area contributed by atoms with E-state index in [9.17, 15) is 9.90 Å². The maximum absolute atomic E-state index is 12.5. The Labute approximate surface area is 125 Å². The molecule has 1 amide bonds. The van der Waals surface area contributed by atoms with E-state index < -0.39 is 0 Å². The zero-order chi connectivity index (χ0) is 15.4. The van der Waals surface area contributed by atoms with E-state index in [4.69, 9.17) is 0 Å². The molecule has 0 aliphatic rings. The average Bonchev–Trinajstić information content (AvgIpc) is 2.44. The molecule has 21 heavy (non-hydrogen) atoms. The molecule has 3 nitrogen and oxygen atoms in total. The molecule has 0 aliphatic carbocycles. The van der Waals surface area contributed by atoms with Crippen molar-refractivity contribution in [3.05, 3.63) is 59.2 Å². The summed E-state index contributed by atoms with van der Waals surface area (Å²) in [5.74, 6) is 0.205. The second-order valence-corrected chi connectivity index (χ2v) is 5.25. The number of aryl methyl sites for hydroxylation is 2. The van der Waals surface area contributed by atoms with Crippen molar-refractivity contribution >= 4 is 11.6 Å². The number of hydrogen-bond donors (Lipinski definition) is 1. The molecule has 0 unspecified atom stereocenters. The summed E-state index contributed by atoms with van der Waals surface area (Å²) < 4.78 is 0. The van der Waals surface area contributed by atoms with Crippen molar-refractivity contribution in [3.63, 3.8) is 0 Å². The van der Waals surface area contributed by atoms with Crippen LogP contribution in [0.15, 0.2) is 42.5 Å². The Morgan fingerprint density at radius 1 is 1.10 bits per heavy atom. The smallest absolute Gasteiger partial charge is 0.231 e. The number of nitrogens with zero attached hydrogens (tertiary/aromatic N) is 1. The van der Waals surface area contributed by atoms with Crippen LogP contribution in [0.3, 0.4) is 0 Å². The van der Waals surface area contributed by atoms with E-state index in [2.05, 4.69) is 19.9 Å². The van der Waals surface area contributed by atoms with Gasteiger partial charge in [-0.25, -0.2) is 0 Å². The number of likely N-dealkylation sites (N-methyl/N-ethyl adjacent to an activating group) is 1. The van der Waals surface area contributed by atoms with Gasteiger partial charge in [0.25, 0.3) is 0 Å². The molecule has 0 atom stereocenters. The summed E-state index contributed by atoms with van der Waals surface area (Å²) in [7, 11) is 0. The minimum absolute atomic E-state index is 0.0337. The van der Waals surface area contributed by atoms with Crippen LogP contribution in [0.25, 0.3) is 0 Å². The van der Waals surface area contributed by atoms with Gasteiger partial charge in [0.2, 0.25) is 5.91 Å². The molecule has 1 N–H and O–H groups in total. The quantitative estimate of drug-likeness (QED) is 0.931. The van der Waals surface area contributed by atoms with E-state index in [1.807, 2.05) is 25.1 Å². The first-order valence-corrected chi connectivity index (χ1v) is 7.16. The third kappa shape index (κ3) is 3.63. The van der Waals surface area contributed by atoms with E-state index in [1.54, 1.807) is 23.1 Å². The van der Waals surface area contributed by atoms with Crippen molar-refractivity contribution in [2.75, 3.05) is 11.4 Å². The number of benzene rings is 2. The molecule has 3 heteroatoms. The van der Waals surface area contributed by atoms with Crippen LogP contribution >= 0.6 is 0 Å². The average molecular weight is 283 g/mol. The lowest BCUT2D eigenvalue weighted by atomic mass is 10.0. The van der Waals surface area contributed by atoms with E-state index >= 15 is 0 Å². The summed E-state index contributed by atoms with van der Waals surface area (Å²) in [4.78, 5) is 14.2. The van der Waals surface area contributed by atoms with Gasteiger partial charge in [0.05, 0.1) is 6.42 Å². The number of aromatic hydroxyl groups is 1. The van der Waals surface area contributed by atoms with Crippen LogP contribution in [0.1, 0.15) is 23.6 Å². The monoisotopic (exact) mass is 283 g/mol. The first kappa shape index (κ1) is 15.1.